The number of ether oxygens (including phenoxy) is 2. The Morgan fingerprint density at radius 1 is 1.32 bits per heavy atom. The van der Waals surface area contributed by atoms with Crippen LogP contribution >= 0.6 is 0 Å². The molecule has 2 bridgehead atoms. The standard InChI is InChI=1S/C14H23NO4/c1-3-5-8-19-13(17)14-7-6-10(9-14)11(15-14)12(16)18-4-2/h10-11,15H,3-9H2,1-2H3. The molecule has 2 aliphatic rings. The highest BCUT2D eigenvalue weighted by Crippen LogP contribution is 2.44. The van der Waals surface area contributed by atoms with Crippen LogP contribution in [0, 0.1) is 5.92 Å². The lowest BCUT2D eigenvalue weighted by atomic mass is 9.98. The number of carbonyl (C=O) groups excluding carboxylic acids is 2. The summed E-state index contributed by atoms with van der Waals surface area (Å²) in [6.45, 7) is 4.69. The van der Waals surface area contributed by atoms with Crippen molar-refractivity contribution in [3.05, 3.63) is 0 Å². The largest absolute Gasteiger partial charge is 0.465 e. The number of hydrogen-bond acceptors (Lipinski definition) is 5. The van der Waals surface area contributed by atoms with Gasteiger partial charge >= 0.3 is 11.9 Å². The van der Waals surface area contributed by atoms with E-state index in [-0.39, 0.29) is 23.9 Å². The van der Waals surface area contributed by atoms with Gasteiger partial charge in [0, 0.05) is 0 Å². The smallest absolute Gasteiger partial charge is 0.326 e. The number of esters is 2. The number of nitrogens with one attached hydrogen (secondary N) is 1. The molecule has 1 N–H and O–H groups in total. The van der Waals surface area contributed by atoms with E-state index in [1.54, 1.807) is 6.92 Å². The molecular weight excluding hydrogens is 246 g/mol. The Kier molecular flexibility index (Phi) is 4.45. The second kappa shape index (κ2) is 5.90. The van der Waals surface area contributed by atoms with Gasteiger partial charge in [0.2, 0.25) is 0 Å². The third-order valence-electron chi connectivity index (χ3n) is 4.12. The van der Waals surface area contributed by atoms with Crippen LogP contribution in [0.15, 0.2) is 0 Å². The first-order chi connectivity index (χ1) is 9.13. The van der Waals surface area contributed by atoms with Gasteiger partial charge in [0.05, 0.1) is 13.2 Å². The van der Waals surface area contributed by atoms with Crippen molar-refractivity contribution in [2.75, 3.05) is 13.2 Å². The lowest BCUT2D eigenvalue weighted by Gasteiger charge is -2.29. The van der Waals surface area contributed by atoms with E-state index in [0.29, 0.717) is 19.6 Å². The summed E-state index contributed by atoms with van der Waals surface area (Å²) in [6.07, 6.45) is 4.23. The van der Waals surface area contributed by atoms with Crippen LogP contribution in [0.4, 0.5) is 0 Å². The zero-order valence-corrected chi connectivity index (χ0v) is 11.7. The summed E-state index contributed by atoms with van der Waals surface area (Å²) in [6, 6.07) is -0.340. The van der Waals surface area contributed by atoms with E-state index in [9.17, 15) is 9.59 Å². The number of unbranched alkanes of at least 4 members (excludes halogenated alkanes) is 1. The van der Waals surface area contributed by atoms with E-state index < -0.39 is 5.54 Å². The van der Waals surface area contributed by atoms with E-state index in [0.717, 1.165) is 25.7 Å². The predicted molar refractivity (Wildman–Crippen MR) is 69.5 cm³/mol. The highest BCUT2D eigenvalue weighted by molar-refractivity contribution is 5.86. The normalized spacial score (nSPS) is 32.3. The highest BCUT2D eigenvalue weighted by atomic mass is 16.5. The van der Waals surface area contributed by atoms with Crippen LogP contribution < -0.4 is 5.32 Å². The molecule has 108 valence electrons. The summed E-state index contributed by atoms with van der Waals surface area (Å²) < 4.78 is 10.4. The lowest BCUT2D eigenvalue weighted by molar-refractivity contribution is -0.152. The summed E-state index contributed by atoms with van der Waals surface area (Å²) in [5.41, 5.74) is -0.643. The molecule has 19 heavy (non-hydrogen) atoms. The average Bonchev–Trinajstić information content (AvgIpc) is 2.98. The second-order valence-electron chi connectivity index (χ2n) is 5.45. The first kappa shape index (κ1) is 14.3. The fraction of sp³-hybridized carbons (Fsp3) is 0.857. The third-order valence-corrected chi connectivity index (χ3v) is 4.12. The minimum absolute atomic E-state index is 0.199. The molecule has 0 aromatic rings. The molecule has 2 fully saturated rings. The van der Waals surface area contributed by atoms with Crippen LogP contribution in [0.25, 0.3) is 0 Å². The van der Waals surface area contributed by atoms with Gasteiger partial charge in [-0.25, -0.2) is 0 Å². The summed E-state index contributed by atoms with van der Waals surface area (Å²) in [5, 5.41) is 3.17. The summed E-state index contributed by atoms with van der Waals surface area (Å²) in [5.74, 6) is -0.233. The molecule has 0 radical (unpaired) electrons. The van der Waals surface area contributed by atoms with Crippen molar-refractivity contribution in [2.45, 2.75) is 57.5 Å². The van der Waals surface area contributed by atoms with Crippen molar-refractivity contribution in [3.8, 4) is 0 Å². The molecule has 0 spiro atoms. The zero-order valence-electron chi connectivity index (χ0n) is 11.7. The summed E-state index contributed by atoms with van der Waals surface area (Å²) in [4.78, 5) is 24.0. The Morgan fingerprint density at radius 3 is 2.79 bits per heavy atom. The predicted octanol–water partition coefficient (Wildman–Crippen LogP) is 1.40. The van der Waals surface area contributed by atoms with Crippen molar-refractivity contribution in [3.63, 3.8) is 0 Å². The lowest BCUT2D eigenvalue weighted by Crippen LogP contribution is -2.54. The minimum atomic E-state index is -0.643. The Labute approximate surface area is 114 Å². The molecule has 0 amide bonds. The van der Waals surface area contributed by atoms with Gasteiger partial charge < -0.3 is 9.47 Å². The van der Waals surface area contributed by atoms with Gasteiger partial charge in [0.1, 0.15) is 11.6 Å². The van der Waals surface area contributed by atoms with E-state index in [4.69, 9.17) is 9.47 Å². The van der Waals surface area contributed by atoms with Crippen LogP contribution in [-0.2, 0) is 19.1 Å². The molecule has 5 nitrogen and oxygen atoms in total. The average molecular weight is 269 g/mol. The fourth-order valence-electron chi connectivity index (χ4n) is 3.09. The Balaban J connectivity index is 1.94. The monoisotopic (exact) mass is 269 g/mol. The van der Waals surface area contributed by atoms with E-state index in [1.807, 2.05) is 0 Å². The molecule has 5 heteroatoms. The number of piperidine rings is 1. The molecule has 1 saturated heterocycles. The van der Waals surface area contributed by atoms with Gasteiger partial charge in [-0.2, -0.15) is 0 Å². The third kappa shape index (κ3) is 2.76. The molecule has 1 heterocycles. The zero-order chi connectivity index (χ0) is 13.9. The van der Waals surface area contributed by atoms with Crippen LogP contribution in [-0.4, -0.2) is 36.7 Å². The van der Waals surface area contributed by atoms with Gasteiger partial charge in [-0.3, -0.25) is 14.9 Å². The van der Waals surface area contributed by atoms with Gasteiger partial charge in [-0.05, 0) is 38.5 Å². The van der Waals surface area contributed by atoms with E-state index in [2.05, 4.69) is 12.2 Å². The summed E-state index contributed by atoms with van der Waals surface area (Å²) in [7, 11) is 0. The quantitative estimate of drug-likeness (QED) is 0.583. The maximum absolute atomic E-state index is 12.2. The second-order valence-corrected chi connectivity index (χ2v) is 5.45. The molecule has 1 saturated carbocycles. The highest BCUT2D eigenvalue weighted by Gasteiger charge is 2.57. The fourth-order valence-corrected chi connectivity index (χ4v) is 3.09. The van der Waals surface area contributed by atoms with Crippen molar-refractivity contribution in [1.82, 2.24) is 5.32 Å². The Hall–Kier alpha value is -1.10. The molecule has 3 atom stereocenters. The Morgan fingerprint density at radius 2 is 2.11 bits per heavy atom. The molecular formula is C14H23NO4. The molecule has 0 aromatic heterocycles. The van der Waals surface area contributed by atoms with E-state index >= 15 is 0 Å². The van der Waals surface area contributed by atoms with E-state index in [1.165, 1.54) is 0 Å². The number of hydrogen-bond donors (Lipinski definition) is 1. The topological polar surface area (TPSA) is 64.6 Å². The number of fused-ring (bicyclic) bond motifs is 2. The van der Waals surface area contributed by atoms with Crippen molar-refractivity contribution in [2.24, 2.45) is 5.92 Å². The molecule has 2 rings (SSSR count). The maximum Gasteiger partial charge on any atom is 0.326 e. The van der Waals surface area contributed by atoms with Crippen molar-refractivity contribution in [1.29, 1.82) is 0 Å². The first-order valence-corrected chi connectivity index (χ1v) is 7.24. The molecule has 3 unspecified atom stereocenters. The Bertz CT molecular complexity index is 357. The van der Waals surface area contributed by atoms with Gasteiger partial charge in [-0.15, -0.1) is 0 Å². The molecule has 0 aromatic carbocycles. The van der Waals surface area contributed by atoms with Crippen molar-refractivity contribution >= 4 is 11.9 Å². The van der Waals surface area contributed by atoms with Gasteiger partial charge in [-0.1, -0.05) is 13.3 Å². The van der Waals surface area contributed by atoms with Crippen LogP contribution in [0.1, 0.15) is 46.0 Å². The SMILES string of the molecule is CCCCOC(=O)C12CCC(C1)C(C(=O)OCC)N2. The number of carbonyl (C=O) groups is 2. The van der Waals surface area contributed by atoms with Gasteiger partial charge in [0.15, 0.2) is 0 Å². The summed E-state index contributed by atoms with van der Waals surface area (Å²) >= 11 is 0. The van der Waals surface area contributed by atoms with Crippen LogP contribution in [0.5, 0.6) is 0 Å². The first-order valence-electron chi connectivity index (χ1n) is 7.24. The van der Waals surface area contributed by atoms with Gasteiger partial charge in [0.25, 0.3) is 0 Å². The minimum Gasteiger partial charge on any atom is -0.465 e. The molecule has 1 aliphatic heterocycles. The number of rotatable bonds is 6. The van der Waals surface area contributed by atoms with Crippen molar-refractivity contribution < 1.29 is 19.1 Å². The molecule has 1 aliphatic carbocycles. The van der Waals surface area contributed by atoms with Crippen LogP contribution in [0.3, 0.4) is 0 Å². The van der Waals surface area contributed by atoms with Crippen LogP contribution in [0.2, 0.25) is 0 Å². The maximum atomic E-state index is 12.2.